The quantitative estimate of drug-likeness (QED) is 0.140. The Kier molecular flexibility index (Phi) is 9.00. The van der Waals surface area contributed by atoms with Crippen LogP contribution >= 0.6 is 11.3 Å². The Morgan fingerprint density at radius 1 is 0.397 bits per heavy atom. The Morgan fingerprint density at radius 3 is 1.85 bits per heavy atom. The molecule has 0 fully saturated rings. The molecule has 0 aliphatic carbocycles. The molecule has 0 aliphatic heterocycles. The first-order chi connectivity index (χ1) is 33.7. The molecule has 14 rings (SSSR count). The summed E-state index contributed by atoms with van der Waals surface area (Å²) in [7, 11) is 0. The van der Waals surface area contributed by atoms with Crippen molar-refractivity contribution in [2.24, 2.45) is 0 Å². The predicted octanol–water partition coefficient (Wildman–Crippen LogP) is 18.4. The molecule has 68 heavy (non-hydrogen) atoms. The maximum atomic E-state index is 2.60. The van der Waals surface area contributed by atoms with Gasteiger partial charge in [-0.25, -0.2) is 0 Å². The molecule has 3 heterocycles. The van der Waals surface area contributed by atoms with E-state index >= 15 is 0 Å². The average molecular weight is 885 g/mol. The molecule has 14 aromatic rings. The zero-order valence-corrected chi connectivity index (χ0v) is 38.1. The molecule has 0 bridgehead atoms. The number of fused-ring (bicyclic) bond motifs is 12. The number of benzene rings is 11. The van der Waals surface area contributed by atoms with Crippen molar-refractivity contribution in [2.75, 3.05) is 4.90 Å². The largest absolute Gasteiger partial charge is 0.310 e. The number of para-hydroxylation sites is 1. The zero-order valence-electron chi connectivity index (χ0n) is 37.3. The third kappa shape index (κ3) is 6.31. The fourth-order valence-electron chi connectivity index (χ4n) is 11.3. The summed E-state index contributed by atoms with van der Waals surface area (Å²) in [4.78, 5) is 3.71. The molecule has 320 valence electrons. The van der Waals surface area contributed by atoms with Crippen LogP contribution in [-0.2, 0) is 6.42 Å². The van der Waals surface area contributed by atoms with Crippen molar-refractivity contribution in [2.45, 2.75) is 18.8 Å². The van der Waals surface area contributed by atoms with Crippen molar-refractivity contribution < 1.29 is 0 Å². The number of rotatable bonds is 9. The van der Waals surface area contributed by atoms with E-state index in [0.29, 0.717) is 0 Å². The van der Waals surface area contributed by atoms with Gasteiger partial charge in [0.15, 0.2) is 0 Å². The third-order valence-electron chi connectivity index (χ3n) is 14.5. The Balaban J connectivity index is 0.977. The summed E-state index contributed by atoms with van der Waals surface area (Å²) in [5.41, 5.74) is 12.5. The lowest BCUT2D eigenvalue weighted by molar-refractivity contribution is 0.716. The van der Waals surface area contributed by atoms with Gasteiger partial charge in [-0.15, -0.1) is 11.3 Å². The molecule has 1 atom stereocenters. The van der Waals surface area contributed by atoms with Gasteiger partial charge in [-0.05, 0) is 128 Å². The topological polar surface area (TPSA) is 7.65 Å². The molecular formula is C65H44N2S. The Hall–Kier alpha value is -8.24. The SMILES string of the molecule is c1ccc(-c2ccc3sc4c(c3c2)c2c3cc(CCC(c5ccccc5)c5ccc6ccccc6c5)ccc3cc3c5ccc(N(c6ccccc6)c6ccc7ccccc7c6)cc5n4c32)cc1. The van der Waals surface area contributed by atoms with Gasteiger partial charge in [0.05, 0.1) is 11.0 Å². The molecule has 0 amide bonds. The van der Waals surface area contributed by atoms with E-state index < -0.39 is 0 Å². The Morgan fingerprint density at radius 2 is 1.06 bits per heavy atom. The highest BCUT2D eigenvalue weighted by Crippen LogP contribution is 2.50. The van der Waals surface area contributed by atoms with Crippen LogP contribution in [0.2, 0.25) is 0 Å². The standard InChI is InChI=1S/C65H44N2S/c1-4-14-43(15-5-1)49-30-35-61-59(39-49)63-62-57-36-42(25-33-55(46-18-6-2-7-19-46)50-28-27-44-16-10-12-20-47(44)37-50)24-26-51(57)40-58-56-34-32-54(41-60(56)67(64(58)62)65(63)68-61)66(52-22-8-3-9-23-52)53-31-29-45-17-11-13-21-48(45)38-53/h1-24,26-32,34-41,55H,25,33H2. The molecule has 0 aliphatic rings. The third-order valence-corrected chi connectivity index (χ3v) is 15.7. The number of anilines is 3. The van der Waals surface area contributed by atoms with E-state index in [1.807, 2.05) is 11.3 Å². The number of thiophene rings is 1. The molecule has 0 radical (unpaired) electrons. The molecule has 2 nitrogen and oxygen atoms in total. The van der Waals surface area contributed by atoms with E-state index in [-0.39, 0.29) is 5.92 Å². The van der Waals surface area contributed by atoms with E-state index in [0.717, 1.165) is 29.9 Å². The number of hydrogen-bond donors (Lipinski definition) is 0. The van der Waals surface area contributed by atoms with Gasteiger partial charge < -0.3 is 4.90 Å². The number of hydrogen-bond acceptors (Lipinski definition) is 2. The second-order valence-corrected chi connectivity index (χ2v) is 19.4. The smallest absolute Gasteiger partial charge is 0.109 e. The second-order valence-electron chi connectivity index (χ2n) is 18.4. The van der Waals surface area contributed by atoms with Gasteiger partial charge >= 0.3 is 0 Å². The first kappa shape index (κ1) is 39.0. The lowest BCUT2D eigenvalue weighted by Gasteiger charge is -2.26. The maximum absolute atomic E-state index is 2.60. The van der Waals surface area contributed by atoms with Gasteiger partial charge in [-0.1, -0.05) is 182 Å². The molecule has 0 N–H and O–H groups in total. The van der Waals surface area contributed by atoms with Gasteiger partial charge in [0.1, 0.15) is 4.83 Å². The average Bonchev–Trinajstić information content (AvgIpc) is 4.05. The van der Waals surface area contributed by atoms with Crippen LogP contribution < -0.4 is 4.90 Å². The summed E-state index contributed by atoms with van der Waals surface area (Å²) in [5.74, 6) is 0.278. The number of aromatic nitrogens is 1. The molecule has 3 heteroatoms. The maximum Gasteiger partial charge on any atom is 0.109 e. The molecule has 3 aromatic heterocycles. The summed E-state index contributed by atoms with van der Waals surface area (Å²) < 4.78 is 3.91. The Labute approximate surface area is 398 Å². The van der Waals surface area contributed by atoms with Crippen LogP contribution in [0, 0.1) is 0 Å². The minimum Gasteiger partial charge on any atom is -0.310 e. The van der Waals surface area contributed by atoms with Crippen LogP contribution in [0.25, 0.3) is 90.9 Å². The van der Waals surface area contributed by atoms with E-state index in [9.17, 15) is 0 Å². The van der Waals surface area contributed by atoms with Gasteiger partial charge in [0.2, 0.25) is 0 Å². The van der Waals surface area contributed by atoms with Crippen molar-refractivity contribution in [3.8, 4) is 11.1 Å². The first-order valence-corrected chi connectivity index (χ1v) is 24.6. The van der Waals surface area contributed by atoms with Gasteiger partial charge in [-0.3, -0.25) is 4.40 Å². The van der Waals surface area contributed by atoms with E-state index in [2.05, 4.69) is 246 Å². The molecule has 0 saturated heterocycles. The molecule has 0 saturated carbocycles. The highest BCUT2D eigenvalue weighted by Gasteiger charge is 2.25. The zero-order chi connectivity index (χ0) is 44.7. The predicted molar refractivity (Wildman–Crippen MR) is 292 cm³/mol. The molecular weight excluding hydrogens is 841 g/mol. The highest BCUT2D eigenvalue weighted by atomic mass is 32.1. The van der Waals surface area contributed by atoms with Crippen LogP contribution in [0.4, 0.5) is 17.1 Å². The van der Waals surface area contributed by atoms with Crippen LogP contribution in [-0.4, -0.2) is 4.40 Å². The normalized spacial score (nSPS) is 12.5. The van der Waals surface area contributed by atoms with Crippen molar-refractivity contribution >= 4 is 108 Å². The minimum atomic E-state index is 0.278. The van der Waals surface area contributed by atoms with Gasteiger partial charge in [-0.2, -0.15) is 0 Å². The summed E-state index contributed by atoms with van der Waals surface area (Å²) >= 11 is 1.92. The monoisotopic (exact) mass is 884 g/mol. The molecule has 0 spiro atoms. The Bertz CT molecular complexity index is 4210. The van der Waals surface area contributed by atoms with Crippen LogP contribution in [0.5, 0.6) is 0 Å². The summed E-state index contributed by atoms with van der Waals surface area (Å²) in [6.45, 7) is 0. The summed E-state index contributed by atoms with van der Waals surface area (Å²) in [5, 5.41) is 14.2. The first-order valence-electron chi connectivity index (χ1n) is 23.7. The van der Waals surface area contributed by atoms with Crippen molar-refractivity contribution in [3.05, 3.63) is 253 Å². The second kappa shape index (κ2) is 15.7. The van der Waals surface area contributed by atoms with Crippen molar-refractivity contribution in [1.82, 2.24) is 4.40 Å². The van der Waals surface area contributed by atoms with Crippen molar-refractivity contribution in [1.29, 1.82) is 0 Å². The van der Waals surface area contributed by atoms with E-state index in [4.69, 9.17) is 0 Å². The molecule has 11 aromatic carbocycles. The highest BCUT2D eigenvalue weighted by molar-refractivity contribution is 7.25. The lowest BCUT2D eigenvalue weighted by Crippen LogP contribution is -2.09. The van der Waals surface area contributed by atoms with E-state index in [1.54, 1.807) is 0 Å². The summed E-state index contributed by atoms with van der Waals surface area (Å²) in [6, 6.07) is 87.9. The molecule has 1 unspecified atom stereocenters. The van der Waals surface area contributed by atoms with E-state index in [1.165, 1.54) is 108 Å². The number of nitrogens with zero attached hydrogens (tertiary/aromatic N) is 2. The van der Waals surface area contributed by atoms with Crippen molar-refractivity contribution in [3.63, 3.8) is 0 Å². The van der Waals surface area contributed by atoms with Crippen LogP contribution in [0.15, 0.2) is 237 Å². The van der Waals surface area contributed by atoms with Gasteiger partial charge in [0.25, 0.3) is 0 Å². The fraction of sp³-hybridized carbons (Fsp3) is 0.0462. The number of aryl methyl sites for hydroxylation is 1. The minimum absolute atomic E-state index is 0.278. The fourth-order valence-corrected chi connectivity index (χ4v) is 12.5. The van der Waals surface area contributed by atoms with Gasteiger partial charge in [0, 0.05) is 54.6 Å². The van der Waals surface area contributed by atoms with Crippen LogP contribution in [0.3, 0.4) is 0 Å². The summed E-state index contributed by atoms with van der Waals surface area (Å²) in [6.07, 6.45) is 1.97. The van der Waals surface area contributed by atoms with Crippen LogP contribution in [0.1, 0.15) is 29.0 Å². The lowest BCUT2D eigenvalue weighted by atomic mass is 9.85.